The summed E-state index contributed by atoms with van der Waals surface area (Å²) in [5.74, 6) is -0.988. The van der Waals surface area contributed by atoms with Crippen molar-refractivity contribution in [3.8, 4) is 0 Å². The van der Waals surface area contributed by atoms with Crippen LogP contribution in [0.1, 0.15) is 24.5 Å². The van der Waals surface area contributed by atoms with E-state index in [1.807, 2.05) is 0 Å². The second-order valence-corrected chi connectivity index (χ2v) is 4.16. The average molecular weight is 264 g/mol. The third-order valence-electron chi connectivity index (χ3n) is 2.76. The number of aromatic amines is 2. The third kappa shape index (κ3) is 2.89. The second-order valence-electron chi connectivity index (χ2n) is 4.16. The van der Waals surface area contributed by atoms with Crippen LogP contribution in [0.15, 0.2) is 27.8 Å². The summed E-state index contributed by atoms with van der Waals surface area (Å²) in [5.41, 5.74) is -0.206. The van der Waals surface area contributed by atoms with Crippen molar-refractivity contribution in [2.75, 3.05) is 0 Å². The molecule has 0 spiro atoms. The Morgan fingerprint density at radius 1 is 1.16 bits per heavy atom. The van der Waals surface area contributed by atoms with Crippen molar-refractivity contribution in [2.45, 2.75) is 18.9 Å². The number of carbonyl (C=O) groups is 1. The minimum Gasteiger partial charge on any atom is -0.481 e. The molecule has 1 atom stereocenters. The van der Waals surface area contributed by atoms with E-state index in [-0.39, 0.29) is 12.8 Å². The van der Waals surface area contributed by atoms with E-state index in [0.29, 0.717) is 16.6 Å². The topological polar surface area (TPSA) is 123 Å². The Labute approximate surface area is 106 Å². The van der Waals surface area contributed by atoms with E-state index in [1.165, 1.54) is 6.07 Å². The Morgan fingerprint density at radius 3 is 2.42 bits per heavy atom. The highest BCUT2D eigenvalue weighted by Crippen LogP contribution is 2.20. The van der Waals surface area contributed by atoms with Crippen LogP contribution in [0.4, 0.5) is 0 Å². The number of nitrogens with one attached hydrogen (secondary N) is 2. The van der Waals surface area contributed by atoms with Gasteiger partial charge in [-0.05, 0) is 24.1 Å². The molecule has 100 valence electrons. The summed E-state index contributed by atoms with van der Waals surface area (Å²) in [5, 5.41) is 18.4. The lowest BCUT2D eigenvalue weighted by Gasteiger charge is -2.10. The minimum atomic E-state index is -0.988. The van der Waals surface area contributed by atoms with Gasteiger partial charge in [0.2, 0.25) is 0 Å². The molecule has 0 saturated heterocycles. The fourth-order valence-electron chi connectivity index (χ4n) is 1.77. The molecule has 0 saturated carbocycles. The van der Waals surface area contributed by atoms with Gasteiger partial charge in [0.25, 0.3) is 0 Å². The monoisotopic (exact) mass is 264 g/mol. The van der Waals surface area contributed by atoms with Crippen molar-refractivity contribution in [2.24, 2.45) is 0 Å². The van der Waals surface area contributed by atoms with Crippen LogP contribution < -0.4 is 11.1 Å². The molecule has 0 aliphatic rings. The smallest absolute Gasteiger partial charge is 0.314 e. The number of carboxylic acids is 1. The lowest BCUT2D eigenvalue weighted by atomic mass is 10.0. The van der Waals surface area contributed by atoms with Crippen molar-refractivity contribution >= 4 is 17.0 Å². The normalized spacial score (nSPS) is 12.5. The number of fused-ring (bicyclic) bond motifs is 1. The summed E-state index contributed by atoms with van der Waals surface area (Å²) in [6.07, 6.45) is -1.01. The van der Waals surface area contributed by atoms with Gasteiger partial charge in [-0.1, -0.05) is 6.07 Å². The van der Waals surface area contributed by atoms with E-state index < -0.39 is 23.2 Å². The molecule has 2 aromatic rings. The number of H-pyrrole nitrogens is 2. The number of rotatable bonds is 4. The molecule has 0 amide bonds. The Morgan fingerprint density at radius 2 is 1.79 bits per heavy atom. The highest BCUT2D eigenvalue weighted by atomic mass is 16.4. The Kier molecular flexibility index (Phi) is 3.48. The first-order valence-corrected chi connectivity index (χ1v) is 5.63. The number of aliphatic hydroxyl groups is 1. The van der Waals surface area contributed by atoms with E-state index in [4.69, 9.17) is 5.11 Å². The fourth-order valence-corrected chi connectivity index (χ4v) is 1.77. The van der Waals surface area contributed by atoms with E-state index in [0.717, 1.165) is 0 Å². The Bertz CT molecular complexity index is 731. The van der Waals surface area contributed by atoms with Gasteiger partial charge in [0.05, 0.1) is 17.1 Å². The zero-order chi connectivity index (χ0) is 14.0. The van der Waals surface area contributed by atoms with E-state index in [2.05, 4.69) is 9.97 Å². The molecule has 0 aliphatic carbocycles. The summed E-state index contributed by atoms with van der Waals surface area (Å²) in [6, 6.07) is 4.63. The average Bonchev–Trinajstić information content (AvgIpc) is 2.36. The van der Waals surface area contributed by atoms with Crippen LogP contribution in [0.2, 0.25) is 0 Å². The van der Waals surface area contributed by atoms with Crippen molar-refractivity contribution in [1.82, 2.24) is 9.97 Å². The molecule has 0 bridgehead atoms. The number of hydrogen-bond acceptors (Lipinski definition) is 4. The van der Waals surface area contributed by atoms with Gasteiger partial charge in [0.1, 0.15) is 0 Å². The van der Waals surface area contributed by atoms with Crippen LogP contribution in [0.25, 0.3) is 11.0 Å². The third-order valence-corrected chi connectivity index (χ3v) is 2.76. The molecule has 19 heavy (non-hydrogen) atoms. The van der Waals surface area contributed by atoms with Gasteiger partial charge in [0, 0.05) is 6.42 Å². The maximum atomic E-state index is 11.2. The number of aliphatic hydroxyl groups excluding tert-OH is 1. The highest BCUT2D eigenvalue weighted by molar-refractivity contribution is 5.74. The molecular weight excluding hydrogens is 252 g/mol. The van der Waals surface area contributed by atoms with Crippen molar-refractivity contribution in [3.63, 3.8) is 0 Å². The molecule has 0 fully saturated rings. The van der Waals surface area contributed by atoms with Crippen molar-refractivity contribution < 1.29 is 15.0 Å². The number of aliphatic carboxylic acids is 1. The largest absolute Gasteiger partial charge is 0.481 e. The molecule has 0 unspecified atom stereocenters. The lowest BCUT2D eigenvalue weighted by molar-refractivity contribution is -0.137. The molecule has 1 aromatic heterocycles. The van der Waals surface area contributed by atoms with E-state index in [9.17, 15) is 19.5 Å². The molecule has 1 heterocycles. The predicted molar refractivity (Wildman–Crippen MR) is 67.0 cm³/mol. The number of benzene rings is 1. The molecule has 7 nitrogen and oxygen atoms in total. The van der Waals surface area contributed by atoms with Gasteiger partial charge in [0.15, 0.2) is 0 Å². The molecule has 7 heteroatoms. The van der Waals surface area contributed by atoms with Gasteiger partial charge in [-0.25, -0.2) is 0 Å². The number of carboxylic acid groups (broad SMARTS) is 1. The van der Waals surface area contributed by atoms with Crippen LogP contribution in [-0.2, 0) is 4.79 Å². The van der Waals surface area contributed by atoms with Crippen molar-refractivity contribution in [3.05, 3.63) is 44.5 Å². The summed E-state index contributed by atoms with van der Waals surface area (Å²) < 4.78 is 0. The van der Waals surface area contributed by atoms with Crippen molar-refractivity contribution in [1.29, 1.82) is 0 Å². The predicted octanol–water partition coefficient (Wildman–Crippen LogP) is 0.115. The first-order valence-electron chi connectivity index (χ1n) is 5.63. The first-order chi connectivity index (χ1) is 8.97. The maximum absolute atomic E-state index is 11.2. The summed E-state index contributed by atoms with van der Waals surface area (Å²) in [4.78, 5) is 37.5. The Hall–Kier alpha value is -2.41. The van der Waals surface area contributed by atoms with Gasteiger partial charge in [-0.15, -0.1) is 0 Å². The molecule has 2 rings (SSSR count). The van der Waals surface area contributed by atoms with Crippen LogP contribution in [0.5, 0.6) is 0 Å². The number of hydrogen-bond donors (Lipinski definition) is 4. The van der Waals surface area contributed by atoms with Crippen LogP contribution in [0.3, 0.4) is 0 Å². The quantitative estimate of drug-likeness (QED) is 0.584. The van der Waals surface area contributed by atoms with Crippen LogP contribution in [0, 0.1) is 0 Å². The summed E-state index contributed by atoms with van der Waals surface area (Å²) >= 11 is 0. The fraction of sp³-hybridized carbons (Fsp3) is 0.250. The SMILES string of the molecule is O=C(O)CC[C@@H](O)c1ccc2[nH]c(=O)c(=O)[nH]c2c1. The summed E-state index contributed by atoms with van der Waals surface area (Å²) in [7, 11) is 0. The lowest BCUT2D eigenvalue weighted by Crippen LogP contribution is -2.28. The molecule has 0 aliphatic heterocycles. The van der Waals surface area contributed by atoms with E-state index >= 15 is 0 Å². The molecule has 1 aromatic carbocycles. The number of aromatic nitrogens is 2. The molecule has 0 radical (unpaired) electrons. The van der Waals surface area contributed by atoms with Gasteiger partial charge in [-0.3, -0.25) is 14.4 Å². The van der Waals surface area contributed by atoms with E-state index in [1.54, 1.807) is 12.1 Å². The zero-order valence-electron chi connectivity index (χ0n) is 9.84. The van der Waals surface area contributed by atoms with Crippen LogP contribution in [-0.4, -0.2) is 26.2 Å². The second kappa shape index (κ2) is 5.07. The van der Waals surface area contributed by atoms with Crippen LogP contribution >= 0.6 is 0 Å². The van der Waals surface area contributed by atoms with Gasteiger partial charge < -0.3 is 20.2 Å². The standard InChI is InChI=1S/C12H12N2O5/c15-9(3-4-10(16)17)6-1-2-7-8(5-6)14-12(19)11(18)13-7/h1-2,5,9,15H,3-4H2,(H,13,18)(H,14,19)(H,16,17)/t9-/m1/s1. The zero-order valence-corrected chi connectivity index (χ0v) is 9.84. The maximum Gasteiger partial charge on any atom is 0.314 e. The Balaban J connectivity index is 2.35. The van der Waals surface area contributed by atoms with Gasteiger partial charge in [-0.2, -0.15) is 0 Å². The van der Waals surface area contributed by atoms with Gasteiger partial charge >= 0.3 is 17.1 Å². The molecule has 4 N–H and O–H groups in total. The highest BCUT2D eigenvalue weighted by Gasteiger charge is 2.11. The first kappa shape index (κ1) is 13.0. The summed E-state index contributed by atoms with van der Waals surface area (Å²) in [6.45, 7) is 0. The molecular formula is C12H12N2O5. The minimum absolute atomic E-state index is 0.0778.